The number of esters is 4. The van der Waals surface area contributed by atoms with Gasteiger partial charge in [0.25, 0.3) is 0 Å². The minimum atomic E-state index is -1.27. The summed E-state index contributed by atoms with van der Waals surface area (Å²) in [7, 11) is 1.16. The molecule has 12 nitrogen and oxygen atoms in total. The zero-order chi connectivity index (χ0) is 24.8. The molecule has 0 saturated carbocycles. The van der Waals surface area contributed by atoms with Crippen LogP contribution in [0.2, 0.25) is 0 Å². The zero-order valence-electron chi connectivity index (χ0n) is 18.7. The summed E-state index contributed by atoms with van der Waals surface area (Å²) < 4.78 is 27.4. The van der Waals surface area contributed by atoms with E-state index in [0.717, 1.165) is 31.2 Å². The van der Waals surface area contributed by atoms with Crippen molar-refractivity contribution in [1.29, 1.82) is 0 Å². The van der Waals surface area contributed by atoms with E-state index in [-0.39, 0.29) is 18.3 Å². The van der Waals surface area contributed by atoms with Crippen LogP contribution < -0.4 is 0 Å². The van der Waals surface area contributed by atoms with E-state index in [1.54, 1.807) is 6.07 Å². The van der Waals surface area contributed by atoms with Gasteiger partial charge in [-0.25, -0.2) is 9.48 Å². The largest absolute Gasteiger partial charge is 0.463 e. The lowest BCUT2D eigenvalue weighted by molar-refractivity contribution is -0.166. The highest BCUT2D eigenvalue weighted by atomic mass is 32.1. The number of thiophene rings is 1. The summed E-state index contributed by atoms with van der Waals surface area (Å²) in [4.78, 5) is 51.4. The summed E-state index contributed by atoms with van der Waals surface area (Å²) >= 11 is 1.46. The molecule has 2 aromatic heterocycles. The molecular formula is C21H21N3O9S. The minimum absolute atomic E-state index is 0.0238. The van der Waals surface area contributed by atoms with E-state index in [1.165, 1.54) is 18.3 Å². The molecule has 0 unspecified atom stereocenters. The molecule has 0 radical (unpaired) electrons. The van der Waals surface area contributed by atoms with E-state index >= 15 is 0 Å². The van der Waals surface area contributed by atoms with Crippen molar-refractivity contribution in [2.75, 3.05) is 13.7 Å². The second-order valence-electron chi connectivity index (χ2n) is 6.97. The predicted octanol–water partition coefficient (Wildman–Crippen LogP) is 0.850. The van der Waals surface area contributed by atoms with Crippen molar-refractivity contribution in [2.24, 2.45) is 0 Å². The average molecular weight is 491 g/mol. The van der Waals surface area contributed by atoms with Gasteiger partial charge >= 0.3 is 23.9 Å². The highest BCUT2D eigenvalue weighted by Gasteiger charge is 2.52. The molecule has 0 aliphatic carbocycles. The maximum atomic E-state index is 12.4. The van der Waals surface area contributed by atoms with Crippen LogP contribution in [0.4, 0.5) is 0 Å². The van der Waals surface area contributed by atoms with Crippen molar-refractivity contribution in [1.82, 2.24) is 14.8 Å². The summed E-state index contributed by atoms with van der Waals surface area (Å²) in [5.41, 5.74) is 0.729. The first-order chi connectivity index (χ1) is 16.2. The van der Waals surface area contributed by atoms with Gasteiger partial charge in [0.2, 0.25) is 11.6 Å². The molecule has 3 rings (SSSR count). The first-order valence-electron chi connectivity index (χ1n) is 9.92. The molecule has 1 fully saturated rings. The summed E-state index contributed by atoms with van der Waals surface area (Å²) in [5, 5.41) is 7.91. The molecule has 13 heteroatoms. The highest BCUT2D eigenvalue weighted by molar-refractivity contribution is 7.08. The number of hydrogen-bond donors (Lipinski definition) is 0. The molecule has 0 N–H and O–H groups in total. The Morgan fingerprint density at radius 1 is 1.09 bits per heavy atom. The maximum Gasteiger partial charge on any atom is 0.375 e. The number of methoxy groups -OCH3 is 1. The Kier molecular flexibility index (Phi) is 7.98. The van der Waals surface area contributed by atoms with Crippen molar-refractivity contribution in [3.8, 4) is 11.8 Å². The van der Waals surface area contributed by atoms with Crippen LogP contribution in [-0.4, -0.2) is 70.7 Å². The second-order valence-corrected chi connectivity index (χ2v) is 7.75. The molecule has 2 aromatic rings. The lowest BCUT2D eigenvalue weighted by atomic mass is 10.1. The van der Waals surface area contributed by atoms with Crippen molar-refractivity contribution in [3.63, 3.8) is 0 Å². The fraction of sp³-hybridized carbons (Fsp3) is 0.429. The molecule has 0 spiro atoms. The van der Waals surface area contributed by atoms with Crippen molar-refractivity contribution in [2.45, 2.75) is 45.3 Å². The molecule has 1 aliphatic heterocycles. The van der Waals surface area contributed by atoms with Crippen LogP contribution >= 0.6 is 11.3 Å². The van der Waals surface area contributed by atoms with Crippen LogP contribution in [0, 0.1) is 11.8 Å². The van der Waals surface area contributed by atoms with E-state index in [4.69, 9.17) is 23.7 Å². The Bertz CT molecular complexity index is 1130. The third kappa shape index (κ3) is 5.97. The van der Waals surface area contributed by atoms with E-state index < -0.39 is 48.4 Å². The molecule has 4 atom stereocenters. The number of ether oxygens (including phenoxy) is 5. The van der Waals surface area contributed by atoms with Crippen LogP contribution in [0.1, 0.15) is 49.0 Å². The fourth-order valence-corrected chi connectivity index (χ4v) is 3.73. The van der Waals surface area contributed by atoms with Crippen LogP contribution in [0.5, 0.6) is 0 Å². The lowest BCUT2D eigenvalue weighted by Gasteiger charge is -2.23. The van der Waals surface area contributed by atoms with Crippen molar-refractivity contribution < 1.29 is 42.9 Å². The topological polar surface area (TPSA) is 145 Å². The Morgan fingerprint density at radius 2 is 1.79 bits per heavy atom. The number of carbonyl (C=O) groups excluding carboxylic acids is 4. The summed E-state index contributed by atoms with van der Waals surface area (Å²) in [6.07, 6.45) is -4.71. The van der Waals surface area contributed by atoms with Gasteiger partial charge in [-0.05, 0) is 17.4 Å². The quantitative estimate of drug-likeness (QED) is 0.322. The van der Waals surface area contributed by atoms with Crippen LogP contribution in [0.3, 0.4) is 0 Å². The monoisotopic (exact) mass is 491 g/mol. The number of aromatic nitrogens is 3. The summed E-state index contributed by atoms with van der Waals surface area (Å²) in [6, 6.07) is 1.80. The average Bonchev–Trinajstić information content (AvgIpc) is 3.50. The highest BCUT2D eigenvalue weighted by Crippen LogP contribution is 2.35. The lowest BCUT2D eigenvalue weighted by Crippen LogP contribution is -2.41. The maximum absolute atomic E-state index is 12.4. The molecule has 1 saturated heterocycles. The van der Waals surface area contributed by atoms with E-state index in [0.29, 0.717) is 0 Å². The minimum Gasteiger partial charge on any atom is -0.463 e. The number of hydrogen-bond acceptors (Lipinski definition) is 12. The molecule has 3 heterocycles. The van der Waals surface area contributed by atoms with Gasteiger partial charge in [0, 0.05) is 31.7 Å². The Balaban J connectivity index is 2.04. The van der Waals surface area contributed by atoms with Gasteiger partial charge in [-0.15, -0.1) is 5.10 Å². The van der Waals surface area contributed by atoms with Crippen LogP contribution in [0.25, 0.3) is 0 Å². The Labute approximate surface area is 198 Å². The van der Waals surface area contributed by atoms with E-state index in [1.807, 2.05) is 10.8 Å². The standard InChI is InChI=1S/C21H21N3O9S/c1-11(25)30-9-15-17(31-12(2)26)18(32-13(3)27)20(33-15)24-19(21(28)29-4)22-16(23-24)6-5-14-7-8-34-10-14/h7-8,10,15,17-18,20H,9H2,1-4H3/t15-,17-,18-,20-/m1/s1. The smallest absolute Gasteiger partial charge is 0.375 e. The van der Waals surface area contributed by atoms with Crippen molar-refractivity contribution >= 4 is 35.2 Å². The van der Waals surface area contributed by atoms with Gasteiger partial charge in [-0.2, -0.15) is 16.3 Å². The first-order valence-corrected chi connectivity index (χ1v) is 10.9. The normalized spacial score (nSPS) is 21.2. The molecular weight excluding hydrogens is 470 g/mol. The van der Waals surface area contributed by atoms with Gasteiger partial charge in [-0.1, -0.05) is 5.92 Å². The fourth-order valence-electron chi connectivity index (χ4n) is 3.14. The number of nitrogens with zero attached hydrogens (tertiary/aromatic N) is 3. The molecule has 180 valence electrons. The molecule has 0 bridgehead atoms. The third-order valence-corrected chi connectivity index (χ3v) is 5.10. The van der Waals surface area contributed by atoms with Gasteiger partial charge in [-0.3, -0.25) is 14.4 Å². The van der Waals surface area contributed by atoms with E-state index in [2.05, 4.69) is 21.9 Å². The SMILES string of the molecule is COC(=O)c1nc(C#Cc2ccsc2)nn1[C@@H]1O[C@H](COC(C)=O)[C@@H](OC(C)=O)[C@H]1OC(C)=O. The second kappa shape index (κ2) is 10.9. The molecule has 1 aliphatic rings. The van der Waals surface area contributed by atoms with Crippen molar-refractivity contribution in [3.05, 3.63) is 34.0 Å². The third-order valence-electron chi connectivity index (χ3n) is 4.42. The van der Waals surface area contributed by atoms with E-state index in [9.17, 15) is 19.2 Å². The predicted molar refractivity (Wildman–Crippen MR) is 113 cm³/mol. The number of carbonyl (C=O) groups is 4. The summed E-state index contributed by atoms with van der Waals surface area (Å²) in [6.45, 7) is 3.20. The number of rotatable bonds is 6. The van der Waals surface area contributed by atoms with Crippen LogP contribution in [0.15, 0.2) is 16.8 Å². The van der Waals surface area contributed by atoms with Crippen LogP contribution in [-0.2, 0) is 38.1 Å². The summed E-state index contributed by atoms with van der Waals surface area (Å²) in [5.74, 6) is 2.46. The van der Waals surface area contributed by atoms with Gasteiger partial charge < -0.3 is 23.7 Å². The Morgan fingerprint density at radius 3 is 2.38 bits per heavy atom. The molecule has 0 amide bonds. The van der Waals surface area contributed by atoms with Gasteiger partial charge in [0.15, 0.2) is 18.4 Å². The zero-order valence-corrected chi connectivity index (χ0v) is 19.5. The first kappa shape index (κ1) is 24.9. The molecule has 34 heavy (non-hydrogen) atoms. The molecule has 0 aromatic carbocycles. The Hall–Kier alpha value is -3.76. The van der Waals surface area contributed by atoms with Gasteiger partial charge in [0.05, 0.1) is 7.11 Å². The van der Waals surface area contributed by atoms with Gasteiger partial charge in [0.1, 0.15) is 12.7 Å².